The number of nitriles is 1. The van der Waals surface area contributed by atoms with E-state index in [9.17, 15) is 5.26 Å². The Morgan fingerprint density at radius 3 is 2.82 bits per heavy atom. The molecule has 1 saturated carbocycles. The van der Waals surface area contributed by atoms with Crippen LogP contribution in [0.15, 0.2) is 24.3 Å². The molecule has 1 aliphatic carbocycles. The van der Waals surface area contributed by atoms with Gasteiger partial charge in [-0.1, -0.05) is 31.9 Å². The molecular formula is C15H19NO. The number of rotatable bonds is 4. The van der Waals surface area contributed by atoms with Crippen molar-refractivity contribution in [2.45, 2.75) is 38.0 Å². The number of nitrogens with zero attached hydrogens (tertiary/aromatic N) is 1. The third-order valence-corrected chi connectivity index (χ3v) is 3.81. The molecule has 0 saturated heterocycles. The molecule has 1 fully saturated rings. The Kier molecular flexibility index (Phi) is 3.38. The first-order valence-corrected chi connectivity index (χ1v) is 6.30. The first-order chi connectivity index (χ1) is 8.24. The summed E-state index contributed by atoms with van der Waals surface area (Å²) in [4.78, 5) is 0. The van der Waals surface area contributed by atoms with Crippen LogP contribution in [-0.2, 0) is 5.41 Å². The quantitative estimate of drug-likeness (QED) is 0.789. The Balaban J connectivity index is 2.17. The predicted octanol–water partition coefficient (Wildman–Crippen LogP) is 3.67. The molecule has 1 aromatic carbocycles. The van der Waals surface area contributed by atoms with E-state index >= 15 is 0 Å². The van der Waals surface area contributed by atoms with Gasteiger partial charge in [-0.05, 0) is 36.5 Å². The molecular weight excluding hydrogens is 210 g/mol. The summed E-state index contributed by atoms with van der Waals surface area (Å²) < 4.78 is 5.23. The maximum absolute atomic E-state index is 9.45. The van der Waals surface area contributed by atoms with Gasteiger partial charge in [-0.3, -0.25) is 0 Å². The van der Waals surface area contributed by atoms with E-state index in [0.717, 1.165) is 30.1 Å². The smallest absolute Gasteiger partial charge is 0.119 e. The molecule has 0 aliphatic heterocycles. The Hall–Kier alpha value is -1.49. The first-order valence-electron chi connectivity index (χ1n) is 6.30. The summed E-state index contributed by atoms with van der Waals surface area (Å²) in [7, 11) is 1.67. The molecule has 0 N–H and O–H groups in total. The molecule has 90 valence electrons. The Labute approximate surface area is 103 Å². The highest BCUT2D eigenvalue weighted by atomic mass is 16.5. The lowest BCUT2D eigenvalue weighted by atomic mass is 9.58. The number of ether oxygens (including phenoxy) is 1. The maximum atomic E-state index is 9.45. The minimum absolute atomic E-state index is 0.256. The molecule has 1 aromatic rings. The van der Waals surface area contributed by atoms with Crippen molar-refractivity contribution in [3.05, 3.63) is 29.8 Å². The van der Waals surface area contributed by atoms with Crippen molar-refractivity contribution in [2.75, 3.05) is 7.11 Å². The third kappa shape index (κ3) is 2.15. The van der Waals surface area contributed by atoms with E-state index in [2.05, 4.69) is 13.0 Å². The van der Waals surface area contributed by atoms with Gasteiger partial charge in [0.05, 0.1) is 18.6 Å². The molecule has 0 aromatic heterocycles. The van der Waals surface area contributed by atoms with Crippen molar-refractivity contribution < 1.29 is 4.74 Å². The normalized spacial score (nSPS) is 27.0. The fraction of sp³-hybridized carbons (Fsp3) is 0.533. The van der Waals surface area contributed by atoms with Gasteiger partial charge in [-0.25, -0.2) is 0 Å². The minimum Gasteiger partial charge on any atom is -0.497 e. The standard InChI is InChI=1S/C15H19NO/c1-3-5-12-9-15(10-12,11-16)13-6-4-7-14(8-13)17-2/h4,6-8,12H,3,5,9-10H2,1-2H3. The number of hydrogen-bond acceptors (Lipinski definition) is 2. The molecule has 0 atom stereocenters. The largest absolute Gasteiger partial charge is 0.497 e. The SMILES string of the molecule is CCCC1CC(C#N)(c2cccc(OC)c2)C1. The van der Waals surface area contributed by atoms with Crippen molar-refractivity contribution >= 4 is 0 Å². The number of methoxy groups -OCH3 is 1. The zero-order valence-electron chi connectivity index (χ0n) is 10.6. The number of hydrogen-bond donors (Lipinski definition) is 0. The summed E-state index contributed by atoms with van der Waals surface area (Å²) in [6.07, 6.45) is 4.46. The summed E-state index contributed by atoms with van der Waals surface area (Å²) in [5.74, 6) is 1.57. The van der Waals surface area contributed by atoms with Crippen molar-refractivity contribution in [1.82, 2.24) is 0 Å². The van der Waals surface area contributed by atoms with Gasteiger partial charge < -0.3 is 4.74 Å². The van der Waals surface area contributed by atoms with Gasteiger partial charge in [0, 0.05) is 0 Å². The molecule has 0 amide bonds. The lowest BCUT2D eigenvalue weighted by molar-refractivity contribution is 0.184. The van der Waals surface area contributed by atoms with Crippen LogP contribution >= 0.6 is 0 Å². The summed E-state index contributed by atoms with van der Waals surface area (Å²) in [6, 6.07) is 10.5. The maximum Gasteiger partial charge on any atom is 0.119 e. The van der Waals surface area contributed by atoms with E-state index < -0.39 is 0 Å². The molecule has 17 heavy (non-hydrogen) atoms. The highest BCUT2D eigenvalue weighted by Crippen LogP contribution is 2.49. The van der Waals surface area contributed by atoms with Crippen LogP contribution in [0.2, 0.25) is 0 Å². The van der Waals surface area contributed by atoms with E-state index in [0.29, 0.717) is 0 Å². The molecule has 0 bridgehead atoms. The average molecular weight is 229 g/mol. The second-order valence-corrected chi connectivity index (χ2v) is 4.99. The van der Waals surface area contributed by atoms with Gasteiger partial charge in [-0.15, -0.1) is 0 Å². The van der Waals surface area contributed by atoms with Crippen LogP contribution in [0.3, 0.4) is 0 Å². The number of benzene rings is 1. The van der Waals surface area contributed by atoms with Crippen molar-refractivity contribution in [1.29, 1.82) is 5.26 Å². The van der Waals surface area contributed by atoms with Gasteiger partial charge in [0.15, 0.2) is 0 Å². The van der Waals surface area contributed by atoms with Crippen LogP contribution in [0.5, 0.6) is 5.75 Å². The summed E-state index contributed by atoms with van der Waals surface area (Å²) in [6.45, 7) is 2.21. The van der Waals surface area contributed by atoms with Crippen LogP contribution in [0.25, 0.3) is 0 Å². The fourth-order valence-electron chi connectivity index (χ4n) is 2.85. The second-order valence-electron chi connectivity index (χ2n) is 4.99. The zero-order valence-corrected chi connectivity index (χ0v) is 10.6. The van der Waals surface area contributed by atoms with Crippen LogP contribution in [0, 0.1) is 17.2 Å². The fourth-order valence-corrected chi connectivity index (χ4v) is 2.85. The van der Waals surface area contributed by atoms with Crippen LogP contribution in [0.1, 0.15) is 38.2 Å². The summed E-state index contributed by atoms with van der Waals surface area (Å²) in [5, 5.41) is 9.45. The molecule has 0 heterocycles. The molecule has 2 nitrogen and oxygen atoms in total. The Morgan fingerprint density at radius 2 is 2.24 bits per heavy atom. The van der Waals surface area contributed by atoms with Gasteiger partial charge in [0.1, 0.15) is 5.75 Å². The zero-order chi connectivity index (χ0) is 12.3. The van der Waals surface area contributed by atoms with Gasteiger partial charge in [0.2, 0.25) is 0 Å². The lowest BCUT2D eigenvalue weighted by Gasteiger charge is -2.43. The monoisotopic (exact) mass is 229 g/mol. The molecule has 0 spiro atoms. The Morgan fingerprint density at radius 1 is 1.47 bits per heavy atom. The van der Waals surface area contributed by atoms with Crippen LogP contribution in [-0.4, -0.2) is 7.11 Å². The lowest BCUT2D eigenvalue weighted by Crippen LogP contribution is -2.39. The van der Waals surface area contributed by atoms with E-state index in [1.807, 2.05) is 24.3 Å². The van der Waals surface area contributed by atoms with Gasteiger partial charge in [0.25, 0.3) is 0 Å². The minimum atomic E-state index is -0.256. The van der Waals surface area contributed by atoms with Crippen LogP contribution in [0.4, 0.5) is 0 Å². The van der Waals surface area contributed by atoms with E-state index in [1.165, 1.54) is 12.8 Å². The first kappa shape index (κ1) is 12.0. The summed E-state index contributed by atoms with van der Waals surface area (Å²) >= 11 is 0. The second kappa shape index (κ2) is 4.79. The summed E-state index contributed by atoms with van der Waals surface area (Å²) in [5.41, 5.74) is 0.862. The van der Waals surface area contributed by atoms with Crippen molar-refractivity contribution in [3.8, 4) is 11.8 Å². The van der Waals surface area contributed by atoms with E-state index in [4.69, 9.17) is 4.74 Å². The molecule has 2 heteroatoms. The molecule has 0 unspecified atom stereocenters. The van der Waals surface area contributed by atoms with Gasteiger partial charge in [-0.2, -0.15) is 5.26 Å². The van der Waals surface area contributed by atoms with Crippen LogP contribution < -0.4 is 4.74 Å². The van der Waals surface area contributed by atoms with Crippen molar-refractivity contribution in [2.24, 2.45) is 5.92 Å². The van der Waals surface area contributed by atoms with E-state index in [-0.39, 0.29) is 5.41 Å². The third-order valence-electron chi connectivity index (χ3n) is 3.81. The highest BCUT2D eigenvalue weighted by Gasteiger charge is 2.45. The molecule has 1 aliphatic rings. The molecule has 0 radical (unpaired) electrons. The highest BCUT2D eigenvalue weighted by molar-refractivity contribution is 5.40. The Bertz CT molecular complexity index is 427. The predicted molar refractivity (Wildman–Crippen MR) is 67.9 cm³/mol. The van der Waals surface area contributed by atoms with Gasteiger partial charge >= 0.3 is 0 Å². The van der Waals surface area contributed by atoms with E-state index in [1.54, 1.807) is 7.11 Å². The van der Waals surface area contributed by atoms with Crippen molar-refractivity contribution in [3.63, 3.8) is 0 Å². The average Bonchev–Trinajstić information content (AvgIpc) is 2.33. The topological polar surface area (TPSA) is 33.0 Å². The molecule has 2 rings (SSSR count).